The number of thiophene rings is 1. The van der Waals surface area contributed by atoms with E-state index in [-0.39, 0.29) is 5.91 Å². The van der Waals surface area contributed by atoms with Gasteiger partial charge in [-0.2, -0.15) is 4.31 Å². The fourth-order valence-electron chi connectivity index (χ4n) is 2.34. The van der Waals surface area contributed by atoms with Gasteiger partial charge in [0.1, 0.15) is 4.21 Å². The molecule has 1 aliphatic heterocycles. The minimum atomic E-state index is -3.45. The summed E-state index contributed by atoms with van der Waals surface area (Å²) in [7, 11) is -3.45. The first-order valence-electron chi connectivity index (χ1n) is 7.07. The number of nitrogens with zero attached hydrogens (tertiary/aromatic N) is 2. The summed E-state index contributed by atoms with van der Waals surface area (Å²) in [6, 6.07) is 3.34. The van der Waals surface area contributed by atoms with Crippen molar-refractivity contribution in [1.29, 1.82) is 0 Å². The number of amides is 1. The molecule has 0 radical (unpaired) electrons. The van der Waals surface area contributed by atoms with Crippen molar-refractivity contribution in [1.82, 2.24) is 9.21 Å². The molecule has 1 amide bonds. The Morgan fingerprint density at radius 1 is 1.32 bits per heavy atom. The van der Waals surface area contributed by atoms with Gasteiger partial charge in [-0.15, -0.1) is 11.3 Å². The lowest BCUT2D eigenvalue weighted by molar-refractivity contribution is -0.128. The van der Waals surface area contributed by atoms with E-state index in [1.54, 1.807) is 24.0 Å². The second-order valence-electron chi connectivity index (χ2n) is 5.05. The summed E-state index contributed by atoms with van der Waals surface area (Å²) >= 11 is 4.49. The van der Waals surface area contributed by atoms with Gasteiger partial charge >= 0.3 is 0 Å². The smallest absolute Gasteiger partial charge is 0.252 e. The molecule has 0 saturated carbocycles. The van der Waals surface area contributed by atoms with Crippen molar-refractivity contribution in [3.05, 3.63) is 27.6 Å². The van der Waals surface area contributed by atoms with E-state index in [0.29, 0.717) is 30.4 Å². The first kappa shape index (κ1) is 17.7. The van der Waals surface area contributed by atoms with E-state index in [9.17, 15) is 13.2 Å². The molecule has 8 heteroatoms. The van der Waals surface area contributed by atoms with E-state index < -0.39 is 10.0 Å². The molecule has 1 fully saturated rings. The van der Waals surface area contributed by atoms with E-state index >= 15 is 0 Å². The van der Waals surface area contributed by atoms with E-state index in [1.807, 2.05) is 13.0 Å². The van der Waals surface area contributed by atoms with Gasteiger partial charge in [0.05, 0.1) is 3.79 Å². The van der Waals surface area contributed by atoms with Gasteiger partial charge in [0.25, 0.3) is 10.0 Å². The Kier molecular flexibility index (Phi) is 5.81. The highest BCUT2D eigenvalue weighted by Crippen LogP contribution is 2.29. The van der Waals surface area contributed by atoms with Crippen molar-refractivity contribution in [2.75, 3.05) is 26.2 Å². The summed E-state index contributed by atoms with van der Waals surface area (Å²) in [5, 5.41) is 0. The molecule has 0 spiro atoms. The molecular formula is C14H19BrN2O3S2. The number of allylic oxidation sites excluding steroid dienone is 1. The van der Waals surface area contributed by atoms with Crippen LogP contribution in [-0.2, 0) is 14.8 Å². The number of carbonyl (C=O) groups is 1. The third-order valence-corrected chi connectivity index (χ3v) is 7.51. The first-order valence-corrected chi connectivity index (χ1v) is 10.1. The Morgan fingerprint density at radius 3 is 2.45 bits per heavy atom. The predicted molar refractivity (Wildman–Crippen MR) is 91.4 cm³/mol. The number of carbonyl (C=O) groups excluding carboxylic acids is 1. The molecule has 0 aromatic carbocycles. The maximum atomic E-state index is 12.5. The van der Waals surface area contributed by atoms with Crippen LogP contribution < -0.4 is 0 Å². The second kappa shape index (κ2) is 7.25. The van der Waals surface area contributed by atoms with Gasteiger partial charge in [-0.25, -0.2) is 8.42 Å². The van der Waals surface area contributed by atoms with Crippen molar-refractivity contribution in [2.24, 2.45) is 0 Å². The first-order chi connectivity index (χ1) is 10.4. The Hall–Kier alpha value is -0.700. The predicted octanol–water partition coefficient (Wildman–Crippen LogP) is 2.70. The summed E-state index contributed by atoms with van der Waals surface area (Å²) in [6.07, 6.45) is 2.72. The third-order valence-electron chi connectivity index (χ3n) is 3.52. The fourth-order valence-corrected chi connectivity index (χ4v) is 5.92. The Morgan fingerprint density at radius 2 is 1.95 bits per heavy atom. The molecule has 5 nitrogen and oxygen atoms in total. The summed E-state index contributed by atoms with van der Waals surface area (Å²) < 4.78 is 27.6. The highest BCUT2D eigenvalue weighted by atomic mass is 79.9. The summed E-state index contributed by atoms with van der Waals surface area (Å²) in [4.78, 5) is 13.9. The number of piperazine rings is 1. The van der Waals surface area contributed by atoms with Gasteiger partial charge in [0.15, 0.2) is 0 Å². The van der Waals surface area contributed by atoms with Crippen LogP contribution in [0.1, 0.15) is 20.3 Å². The van der Waals surface area contributed by atoms with Crippen molar-refractivity contribution in [2.45, 2.75) is 24.5 Å². The van der Waals surface area contributed by atoms with Crippen molar-refractivity contribution < 1.29 is 13.2 Å². The minimum Gasteiger partial charge on any atom is -0.336 e. The van der Waals surface area contributed by atoms with Crippen LogP contribution in [0.15, 0.2) is 31.8 Å². The highest BCUT2D eigenvalue weighted by Gasteiger charge is 2.31. The average molecular weight is 407 g/mol. The molecular weight excluding hydrogens is 388 g/mol. The molecule has 0 aliphatic carbocycles. The van der Waals surface area contributed by atoms with Crippen molar-refractivity contribution in [3.63, 3.8) is 0 Å². The Bertz CT molecular complexity index is 674. The van der Waals surface area contributed by atoms with E-state index in [0.717, 1.165) is 15.8 Å². The lowest BCUT2D eigenvalue weighted by Gasteiger charge is -2.33. The number of hydrogen-bond donors (Lipinski definition) is 0. The lowest BCUT2D eigenvalue weighted by atomic mass is 10.2. The Balaban J connectivity index is 2.03. The standard InChI is InChI=1S/C14H19BrN2O3S2/c1-3-4-11(2)14(18)16-7-9-17(10-8-16)22(19,20)13-6-5-12(15)21-13/h4-6H,3,7-10H2,1-2H3. The van der Waals surface area contributed by atoms with Gasteiger partial charge < -0.3 is 4.90 Å². The number of rotatable bonds is 4. The SMILES string of the molecule is CCC=C(C)C(=O)N1CCN(S(=O)(=O)c2ccc(Br)s2)CC1. The molecule has 22 heavy (non-hydrogen) atoms. The highest BCUT2D eigenvalue weighted by molar-refractivity contribution is 9.11. The second-order valence-corrected chi connectivity index (χ2v) is 9.68. The monoisotopic (exact) mass is 406 g/mol. The quantitative estimate of drug-likeness (QED) is 0.722. The molecule has 0 bridgehead atoms. The largest absolute Gasteiger partial charge is 0.336 e. The topological polar surface area (TPSA) is 57.7 Å². The van der Waals surface area contributed by atoms with Gasteiger partial charge in [-0.1, -0.05) is 13.0 Å². The zero-order chi connectivity index (χ0) is 16.3. The molecule has 0 atom stereocenters. The fraction of sp³-hybridized carbons (Fsp3) is 0.500. The minimum absolute atomic E-state index is 0.00207. The molecule has 0 unspecified atom stereocenters. The zero-order valence-electron chi connectivity index (χ0n) is 12.6. The van der Waals surface area contributed by atoms with Crippen LogP contribution in [0, 0.1) is 0 Å². The van der Waals surface area contributed by atoms with Gasteiger partial charge in [0, 0.05) is 31.8 Å². The molecule has 2 rings (SSSR count). The normalized spacial score (nSPS) is 17.8. The molecule has 1 aromatic heterocycles. The average Bonchev–Trinajstić information content (AvgIpc) is 2.94. The van der Waals surface area contributed by atoms with E-state index in [1.165, 1.54) is 15.6 Å². The number of hydrogen-bond acceptors (Lipinski definition) is 4. The van der Waals surface area contributed by atoms with E-state index in [2.05, 4.69) is 15.9 Å². The molecule has 0 N–H and O–H groups in total. The maximum Gasteiger partial charge on any atom is 0.252 e. The van der Waals surface area contributed by atoms with Crippen LogP contribution in [0.5, 0.6) is 0 Å². The number of halogens is 1. The maximum absolute atomic E-state index is 12.5. The Labute approximate surface area is 143 Å². The van der Waals surface area contributed by atoms with Crippen LogP contribution in [0.3, 0.4) is 0 Å². The van der Waals surface area contributed by atoms with Crippen LogP contribution >= 0.6 is 27.3 Å². The third kappa shape index (κ3) is 3.79. The molecule has 1 aliphatic rings. The van der Waals surface area contributed by atoms with Gasteiger partial charge in [-0.05, 0) is 41.4 Å². The lowest BCUT2D eigenvalue weighted by Crippen LogP contribution is -2.50. The van der Waals surface area contributed by atoms with Gasteiger partial charge in [0.2, 0.25) is 5.91 Å². The molecule has 2 heterocycles. The molecule has 122 valence electrons. The van der Waals surface area contributed by atoms with Gasteiger partial charge in [-0.3, -0.25) is 4.79 Å². The van der Waals surface area contributed by atoms with Crippen LogP contribution in [0.2, 0.25) is 0 Å². The summed E-state index contributed by atoms with van der Waals surface area (Å²) in [5.74, 6) is -0.00207. The summed E-state index contributed by atoms with van der Waals surface area (Å²) in [5.41, 5.74) is 0.723. The van der Waals surface area contributed by atoms with Crippen LogP contribution in [0.4, 0.5) is 0 Å². The number of sulfonamides is 1. The summed E-state index contributed by atoms with van der Waals surface area (Å²) in [6.45, 7) is 5.32. The van der Waals surface area contributed by atoms with Crippen molar-refractivity contribution >= 4 is 43.2 Å². The van der Waals surface area contributed by atoms with Crippen molar-refractivity contribution in [3.8, 4) is 0 Å². The molecule has 1 aromatic rings. The van der Waals surface area contributed by atoms with Crippen LogP contribution in [-0.4, -0.2) is 49.7 Å². The van der Waals surface area contributed by atoms with E-state index in [4.69, 9.17) is 0 Å². The van der Waals surface area contributed by atoms with Crippen LogP contribution in [0.25, 0.3) is 0 Å². The zero-order valence-corrected chi connectivity index (χ0v) is 15.8. The molecule has 1 saturated heterocycles.